The van der Waals surface area contributed by atoms with E-state index in [0.717, 1.165) is 45.1 Å². The summed E-state index contributed by atoms with van der Waals surface area (Å²) in [5.41, 5.74) is 1.31. The van der Waals surface area contributed by atoms with Crippen LogP contribution in [0.2, 0.25) is 0 Å². The lowest BCUT2D eigenvalue weighted by molar-refractivity contribution is 0.280. The molecule has 2 N–H and O–H groups in total. The van der Waals surface area contributed by atoms with Crippen molar-refractivity contribution in [2.24, 2.45) is 4.99 Å². The Morgan fingerprint density at radius 1 is 1.00 bits per heavy atom. The van der Waals surface area contributed by atoms with E-state index in [0.29, 0.717) is 0 Å². The van der Waals surface area contributed by atoms with E-state index in [1.165, 1.54) is 37.0 Å². The quantitative estimate of drug-likeness (QED) is 0.444. The molecule has 1 aromatic carbocycles. The first-order valence-corrected chi connectivity index (χ1v) is 10.2. The number of fused-ring (bicyclic) bond motifs is 1. The summed E-state index contributed by atoms with van der Waals surface area (Å²) < 4.78 is 2.32. The van der Waals surface area contributed by atoms with Crippen LogP contribution in [0.15, 0.2) is 41.5 Å². The first-order chi connectivity index (χ1) is 13.3. The monoisotopic (exact) mass is 370 g/mol. The van der Waals surface area contributed by atoms with E-state index < -0.39 is 0 Å². The van der Waals surface area contributed by atoms with Gasteiger partial charge >= 0.3 is 0 Å². The van der Waals surface area contributed by atoms with Crippen molar-refractivity contribution in [1.82, 2.24) is 25.0 Å². The number of hydrogen-bond donors (Lipinski definition) is 2. The van der Waals surface area contributed by atoms with Crippen molar-refractivity contribution < 1.29 is 0 Å². The molecule has 6 nitrogen and oxygen atoms in total. The number of benzene rings is 1. The van der Waals surface area contributed by atoms with Crippen LogP contribution in [0, 0.1) is 0 Å². The third-order valence-corrected chi connectivity index (χ3v) is 5.30. The molecule has 0 spiro atoms. The highest BCUT2D eigenvalue weighted by Gasteiger charge is 2.11. The van der Waals surface area contributed by atoms with Gasteiger partial charge in [-0.25, -0.2) is 0 Å². The number of nitrogens with zero attached hydrogens (tertiary/aromatic N) is 4. The van der Waals surface area contributed by atoms with Crippen molar-refractivity contribution in [3.63, 3.8) is 0 Å². The molecule has 3 rings (SSSR count). The Kier molecular flexibility index (Phi) is 7.54. The Morgan fingerprint density at radius 3 is 2.74 bits per heavy atom. The number of likely N-dealkylation sites (N-methyl/N-ethyl adjacent to an activating group) is 1. The molecule has 2 heterocycles. The van der Waals surface area contributed by atoms with Crippen LogP contribution in [0.25, 0.3) is 10.9 Å². The summed E-state index contributed by atoms with van der Waals surface area (Å²) in [5, 5.41) is 8.19. The van der Waals surface area contributed by atoms with Gasteiger partial charge in [0.1, 0.15) is 0 Å². The number of rotatable bonds is 7. The first-order valence-electron chi connectivity index (χ1n) is 10.2. The molecule has 0 amide bonds. The molecule has 1 saturated heterocycles. The lowest BCUT2D eigenvalue weighted by Crippen LogP contribution is -2.42. The summed E-state index contributed by atoms with van der Waals surface area (Å²) in [5.74, 6) is 0.902. The highest BCUT2D eigenvalue weighted by Crippen LogP contribution is 2.15. The van der Waals surface area contributed by atoms with Crippen LogP contribution in [0.3, 0.4) is 0 Å². The van der Waals surface area contributed by atoms with Gasteiger partial charge in [0.15, 0.2) is 5.96 Å². The van der Waals surface area contributed by atoms with Gasteiger partial charge in [-0.2, -0.15) is 0 Å². The van der Waals surface area contributed by atoms with Gasteiger partial charge in [0.25, 0.3) is 0 Å². The van der Waals surface area contributed by atoms with Crippen LogP contribution >= 0.6 is 0 Å². The molecule has 148 valence electrons. The molecular formula is C21H34N6. The molecule has 1 fully saturated rings. The van der Waals surface area contributed by atoms with Gasteiger partial charge in [0, 0.05) is 58.0 Å². The number of hydrogen-bond acceptors (Lipinski definition) is 3. The van der Waals surface area contributed by atoms with E-state index in [-0.39, 0.29) is 0 Å². The molecule has 0 unspecified atom stereocenters. The van der Waals surface area contributed by atoms with Gasteiger partial charge in [-0.1, -0.05) is 18.2 Å². The molecule has 6 heteroatoms. The highest BCUT2D eigenvalue weighted by atomic mass is 15.2. The summed E-state index contributed by atoms with van der Waals surface area (Å²) in [6.07, 6.45) is 4.51. The van der Waals surface area contributed by atoms with Crippen LogP contribution in [0.5, 0.6) is 0 Å². The van der Waals surface area contributed by atoms with Crippen molar-refractivity contribution in [3.8, 4) is 0 Å². The maximum atomic E-state index is 4.35. The van der Waals surface area contributed by atoms with Crippen LogP contribution in [0.4, 0.5) is 0 Å². The average Bonchev–Trinajstić information content (AvgIpc) is 2.98. The summed E-state index contributed by atoms with van der Waals surface area (Å²) in [7, 11) is 4.06. The number of para-hydroxylation sites is 1. The average molecular weight is 371 g/mol. The lowest BCUT2D eigenvalue weighted by atomic mass is 10.2. The maximum absolute atomic E-state index is 4.35. The Balaban J connectivity index is 1.33. The Morgan fingerprint density at radius 2 is 1.85 bits per heavy atom. The zero-order chi connectivity index (χ0) is 18.9. The first kappa shape index (κ1) is 19.7. The fraction of sp³-hybridized carbons (Fsp3) is 0.571. The van der Waals surface area contributed by atoms with Crippen molar-refractivity contribution in [2.75, 3.05) is 59.9 Å². The molecule has 1 aliphatic rings. The molecule has 0 bridgehead atoms. The van der Waals surface area contributed by atoms with Crippen molar-refractivity contribution in [1.29, 1.82) is 0 Å². The van der Waals surface area contributed by atoms with E-state index in [4.69, 9.17) is 0 Å². The summed E-state index contributed by atoms with van der Waals surface area (Å²) >= 11 is 0. The summed E-state index contributed by atoms with van der Waals surface area (Å²) in [4.78, 5) is 9.31. The van der Waals surface area contributed by atoms with Crippen molar-refractivity contribution in [2.45, 2.75) is 19.4 Å². The molecule has 0 aliphatic carbocycles. The number of aromatic nitrogens is 1. The van der Waals surface area contributed by atoms with Gasteiger partial charge in [-0.05, 0) is 50.5 Å². The van der Waals surface area contributed by atoms with E-state index >= 15 is 0 Å². The minimum atomic E-state index is 0.902. The lowest BCUT2D eigenvalue weighted by Gasteiger charge is -2.21. The smallest absolute Gasteiger partial charge is 0.191 e. The molecule has 2 aromatic rings. The van der Waals surface area contributed by atoms with Crippen molar-refractivity contribution in [3.05, 3.63) is 36.5 Å². The molecule has 0 radical (unpaired) electrons. The van der Waals surface area contributed by atoms with Crippen LogP contribution in [-0.4, -0.2) is 80.2 Å². The number of nitrogens with one attached hydrogen (secondary N) is 2. The number of guanidine groups is 1. The molecule has 1 aliphatic heterocycles. The van der Waals surface area contributed by atoms with Gasteiger partial charge in [0.2, 0.25) is 0 Å². The van der Waals surface area contributed by atoms with Gasteiger partial charge in [-0.15, -0.1) is 0 Å². The summed E-state index contributed by atoms with van der Waals surface area (Å²) in [6, 6.07) is 10.7. The molecule has 27 heavy (non-hydrogen) atoms. The Labute approximate surface area is 163 Å². The normalized spacial score (nSPS) is 17.2. The zero-order valence-corrected chi connectivity index (χ0v) is 16.8. The van der Waals surface area contributed by atoms with E-state index in [2.05, 4.69) is 73.6 Å². The predicted octanol–water partition coefficient (Wildman–Crippen LogP) is 1.83. The maximum Gasteiger partial charge on any atom is 0.191 e. The van der Waals surface area contributed by atoms with Crippen LogP contribution in [-0.2, 0) is 6.54 Å². The zero-order valence-electron chi connectivity index (χ0n) is 16.8. The second-order valence-electron chi connectivity index (χ2n) is 7.35. The van der Waals surface area contributed by atoms with E-state index in [1.807, 2.05) is 7.05 Å². The van der Waals surface area contributed by atoms with Gasteiger partial charge in [-0.3, -0.25) is 4.99 Å². The van der Waals surface area contributed by atoms with Gasteiger partial charge in [0.05, 0.1) is 0 Å². The van der Waals surface area contributed by atoms with Gasteiger partial charge < -0.3 is 25.0 Å². The number of aliphatic imine (C=N–C) groups is 1. The fourth-order valence-corrected chi connectivity index (χ4v) is 3.67. The fourth-order valence-electron chi connectivity index (χ4n) is 3.67. The van der Waals surface area contributed by atoms with E-state index in [9.17, 15) is 0 Å². The SMILES string of the molecule is CN=C(NCCCn1ccc2ccccc21)NCCN1CCCN(C)CC1. The third kappa shape index (κ3) is 5.97. The minimum absolute atomic E-state index is 0.902. The minimum Gasteiger partial charge on any atom is -0.356 e. The molecular weight excluding hydrogens is 336 g/mol. The van der Waals surface area contributed by atoms with Crippen LogP contribution in [0.1, 0.15) is 12.8 Å². The molecule has 0 saturated carbocycles. The topological polar surface area (TPSA) is 47.8 Å². The second kappa shape index (κ2) is 10.3. The van der Waals surface area contributed by atoms with E-state index in [1.54, 1.807) is 0 Å². The summed E-state index contributed by atoms with van der Waals surface area (Å²) in [6.45, 7) is 8.68. The largest absolute Gasteiger partial charge is 0.356 e. The highest BCUT2D eigenvalue weighted by molar-refractivity contribution is 5.80. The van der Waals surface area contributed by atoms with Crippen molar-refractivity contribution >= 4 is 16.9 Å². The Hall–Kier alpha value is -2.05. The second-order valence-corrected chi connectivity index (χ2v) is 7.35. The standard InChI is InChI=1S/C21H34N6/c1-22-21(24-11-16-26-13-6-12-25(2)17-18-26)23-10-5-14-27-15-9-19-7-3-4-8-20(19)27/h3-4,7-9,15H,5-6,10-14,16-18H2,1-2H3,(H2,22,23,24). The third-order valence-electron chi connectivity index (χ3n) is 5.30. The predicted molar refractivity (Wildman–Crippen MR) is 114 cm³/mol. The molecule has 0 atom stereocenters. The van der Waals surface area contributed by atoms with Crippen LogP contribution < -0.4 is 10.6 Å². The molecule has 1 aromatic heterocycles. The Bertz CT molecular complexity index is 722. The number of aryl methyl sites for hydroxylation is 1.